The van der Waals surface area contributed by atoms with E-state index in [1.807, 2.05) is 21.1 Å². The van der Waals surface area contributed by atoms with E-state index in [1.165, 1.54) is 70.6 Å². The van der Waals surface area contributed by atoms with Gasteiger partial charge in [0.05, 0.1) is 27.7 Å². The minimum absolute atomic E-state index is 0.0411. The molecular weight excluding hydrogens is 1010 g/mol. The fraction of sp³-hybridized carbons (Fsp3) is 0.629. The normalized spacial score (nSPS) is 14.2. The molecule has 0 aliphatic heterocycles. The van der Waals surface area contributed by atoms with Gasteiger partial charge in [-0.05, 0) is 122 Å². The second-order valence-corrected chi connectivity index (χ2v) is 23.1. The molecule has 0 aromatic heterocycles. The molecule has 454 valence electrons. The first-order valence-electron chi connectivity index (χ1n) is 31.5. The Kier molecular flexibility index (Phi) is 56.5. The summed E-state index contributed by atoms with van der Waals surface area (Å²) < 4.78 is 34.2. The molecule has 0 aromatic carbocycles. The fourth-order valence-corrected chi connectivity index (χ4v) is 8.74. The molecule has 0 heterocycles. The second-order valence-electron chi connectivity index (χ2n) is 21.7. The maximum atomic E-state index is 12.8. The Hall–Kier alpha value is -4.11. The van der Waals surface area contributed by atoms with E-state index in [9.17, 15) is 19.0 Å². The Morgan fingerprint density at radius 3 is 1.06 bits per heavy atom. The van der Waals surface area contributed by atoms with Gasteiger partial charge in [0.2, 0.25) is 0 Å². The van der Waals surface area contributed by atoms with Crippen LogP contribution in [0.3, 0.4) is 0 Å². The van der Waals surface area contributed by atoms with Crippen molar-refractivity contribution in [3.05, 3.63) is 146 Å². The summed E-state index contributed by atoms with van der Waals surface area (Å²) in [5, 5.41) is 0. The van der Waals surface area contributed by atoms with Crippen molar-refractivity contribution < 1.29 is 42.1 Å². The lowest BCUT2D eigenvalue weighted by molar-refractivity contribution is -0.870. The lowest BCUT2D eigenvalue weighted by Gasteiger charge is -2.28. The van der Waals surface area contributed by atoms with Gasteiger partial charge in [-0.25, -0.2) is 0 Å². The van der Waals surface area contributed by atoms with E-state index in [-0.39, 0.29) is 26.1 Å². The topological polar surface area (TPSA) is 111 Å². The first-order valence-corrected chi connectivity index (χ1v) is 33.0. The van der Waals surface area contributed by atoms with Crippen molar-refractivity contribution in [3.8, 4) is 0 Å². The lowest BCUT2D eigenvalue weighted by atomic mass is 10.1. The number of esters is 2. The number of hydrogen-bond acceptors (Lipinski definition) is 8. The van der Waals surface area contributed by atoms with E-state index in [4.69, 9.17) is 18.5 Å². The summed E-state index contributed by atoms with van der Waals surface area (Å²) >= 11 is 0. The second kappa shape index (κ2) is 59.5. The van der Waals surface area contributed by atoms with Crippen molar-refractivity contribution in [2.24, 2.45) is 0 Å². The number of unbranched alkanes of at least 4 members (excludes halogenated alkanes) is 18. The van der Waals surface area contributed by atoms with Gasteiger partial charge in [-0.3, -0.25) is 14.2 Å². The molecule has 0 spiro atoms. The van der Waals surface area contributed by atoms with Gasteiger partial charge in [0.15, 0.2) is 6.10 Å². The zero-order valence-corrected chi connectivity index (χ0v) is 52.4. The summed E-state index contributed by atoms with van der Waals surface area (Å²) in [6.45, 7) is 4.06. The number of carbonyl (C=O) groups is 2. The van der Waals surface area contributed by atoms with Crippen molar-refractivity contribution in [2.45, 2.75) is 238 Å². The zero-order chi connectivity index (χ0) is 58.4. The van der Waals surface area contributed by atoms with Crippen LogP contribution in [0.25, 0.3) is 0 Å². The van der Waals surface area contributed by atoms with Crippen molar-refractivity contribution in [3.63, 3.8) is 0 Å². The number of nitrogens with zero attached hydrogens (tertiary/aromatic N) is 1. The smallest absolute Gasteiger partial charge is 0.306 e. The van der Waals surface area contributed by atoms with Crippen LogP contribution in [-0.2, 0) is 32.7 Å². The third kappa shape index (κ3) is 63.1. The highest BCUT2D eigenvalue weighted by atomic mass is 31.2. The quantitative estimate of drug-likeness (QED) is 0.0195. The van der Waals surface area contributed by atoms with Crippen LogP contribution in [0.2, 0.25) is 0 Å². The SMILES string of the molecule is CC/C=C\C/C=C\C/C=C\C/C=C\C/C=C\C/C=C\C/C=C\C/C=C\C/C=C\C/C=C\CCCCCCCCCCC(=O)OC(COC(=O)CCCCCCCCC/C=C\C/C=C\CCCCC)COP(=O)([O-])OCC[N+](C)(C)C. The van der Waals surface area contributed by atoms with Gasteiger partial charge in [0, 0.05) is 12.8 Å². The third-order valence-corrected chi connectivity index (χ3v) is 13.8. The average molecular weight is 1130 g/mol. The molecule has 0 saturated carbocycles. The molecule has 0 amide bonds. The van der Waals surface area contributed by atoms with Crippen LogP contribution in [0.15, 0.2) is 146 Å². The van der Waals surface area contributed by atoms with Crippen LogP contribution in [0.1, 0.15) is 232 Å². The number of phosphoric acid groups is 1. The van der Waals surface area contributed by atoms with Crippen LogP contribution in [-0.4, -0.2) is 70.0 Å². The Balaban J connectivity index is 4.15. The summed E-state index contributed by atoms with van der Waals surface area (Å²) in [4.78, 5) is 37.9. The van der Waals surface area contributed by atoms with Crippen LogP contribution in [0, 0.1) is 0 Å². The summed E-state index contributed by atoms with van der Waals surface area (Å²) in [6, 6.07) is 0. The molecule has 2 unspecified atom stereocenters. The average Bonchev–Trinajstić information content (AvgIpc) is 3.42. The summed E-state index contributed by atoms with van der Waals surface area (Å²) in [7, 11) is 1.14. The molecule has 0 fully saturated rings. The maximum absolute atomic E-state index is 12.8. The highest BCUT2D eigenvalue weighted by Gasteiger charge is 2.22. The Morgan fingerprint density at radius 1 is 0.400 bits per heavy atom. The number of quaternary nitrogens is 1. The number of rotatable bonds is 56. The van der Waals surface area contributed by atoms with Crippen molar-refractivity contribution >= 4 is 19.8 Å². The third-order valence-electron chi connectivity index (χ3n) is 12.8. The predicted molar refractivity (Wildman–Crippen MR) is 341 cm³/mol. The Morgan fingerprint density at radius 2 is 0.713 bits per heavy atom. The fourth-order valence-electron chi connectivity index (χ4n) is 8.01. The monoisotopic (exact) mass is 1130 g/mol. The molecule has 0 N–H and O–H groups in total. The molecule has 10 heteroatoms. The minimum Gasteiger partial charge on any atom is -0.756 e. The largest absolute Gasteiger partial charge is 0.756 e. The molecule has 0 saturated heterocycles. The summed E-state index contributed by atoms with van der Waals surface area (Å²) in [6.07, 6.45) is 87.6. The van der Waals surface area contributed by atoms with E-state index in [1.54, 1.807) is 0 Å². The number of phosphoric ester groups is 1. The lowest BCUT2D eigenvalue weighted by Crippen LogP contribution is -2.37. The van der Waals surface area contributed by atoms with Gasteiger partial charge in [-0.15, -0.1) is 0 Å². The molecule has 0 bridgehead atoms. The molecule has 0 rings (SSSR count). The van der Waals surface area contributed by atoms with E-state index in [2.05, 4.69) is 160 Å². The van der Waals surface area contributed by atoms with Crippen LogP contribution in [0.4, 0.5) is 0 Å². The van der Waals surface area contributed by atoms with E-state index in [0.29, 0.717) is 23.9 Å². The van der Waals surface area contributed by atoms with Crippen LogP contribution in [0.5, 0.6) is 0 Å². The molecule has 0 aromatic rings. The molecule has 0 radical (unpaired) electrons. The highest BCUT2D eigenvalue weighted by Crippen LogP contribution is 2.38. The molecule has 0 aliphatic carbocycles. The Bertz CT molecular complexity index is 1860. The first-order chi connectivity index (χ1) is 39.0. The molecule has 0 aliphatic rings. The van der Waals surface area contributed by atoms with Crippen LogP contribution < -0.4 is 4.89 Å². The molecule has 9 nitrogen and oxygen atoms in total. The summed E-state index contributed by atoms with van der Waals surface area (Å²) in [5.74, 6) is -0.860. The van der Waals surface area contributed by atoms with Crippen molar-refractivity contribution in [1.82, 2.24) is 0 Å². The number of likely N-dealkylation sites (N-methyl/N-ethyl adjacent to an activating group) is 1. The standard InChI is InChI=1S/C70H116NO8P/c1-6-8-10-12-14-16-18-20-22-24-25-26-27-28-29-30-31-32-33-34-35-36-37-38-39-40-41-42-43-44-45-47-49-51-53-55-57-59-61-63-70(73)79-68(67-78-80(74,75)77-65-64-71(3,4)5)66-76-69(72)62-60-58-56-54-52-50-48-46-23-21-19-17-15-13-11-9-7-2/h8,10,14-17,20-23,25-26,28-29,31-32,34-35,37-38,40-41,43-44,68H,6-7,9,11-13,18-19,24,27,30,33,36,39,42,45-67H2,1-5H3/b10-8-,16-14-,17-15-,22-20-,23-21-,26-25-,29-28-,32-31-,35-34-,38-37-,41-40-,44-43-. The first kappa shape index (κ1) is 75.9. The molecule has 80 heavy (non-hydrogen) atoms. The molecular formula is C70H116NO8P. The van der Waals surface area contributed by atoms with E-state index in [0.717, 1.165) is 122 Å². The van der Waals surface area contributed by atoms with Crippen molar-refractivity contribution in [1.29, 1.82) is 0 Å². The van der Waals surface area contributed by atoms with Gasteiger partial charge < -0.3 is 27.9 Å². The Labute approximate surface area is 491 Å². The van der Waals surface area contributed by atoms with Crippen LogP contribution >= 0.6 is 7.82 Å². The zero-order valence-electron chi connectivity index (χ0n) is 51.5. The van der Waals surface area contributed by atoms with Gasteiger partial charge in [-0.2, -0.15) is 0 Å². The predicted octanol–water partition coefficient (Wildman–Crippen LogP) is 19.6. The van der Waals surface area contributed by atoms with Gasteiger partial charge >= 0.3 is 11.9 Å². The van der Waals surface area contributed by atoms with Gasteiger partial charge in [0.25, 0.3) is 7.82 Å². The van der Waals surface area contributed by atoms with E-state index < -0.39 is 32.5 Å². The van der Waals surface area contributed by atoms with E-state index >= 15 is 0 Å². The number of hydrogen-bond donors (Lipinski definition) is 0. The van der Waals surface area contributed by atoms with Gasteiger partial charge in [0.1, 0.15) is 19.8 Å². The highest BCUT2D eigenvalue weighted by molar-refractivity contribution is 7.45. The van der Waals surface area contributed by atoms with Gasteiger partial charge in [-0.1, -0.05) is 243 Å². The number of carbonyl (C=O) groups excluding carboxylic acids is 2. The summed E-state index contributed by atoms with van der Waals surface area (Å²) in [5.41, 5.74) is 0. The van der Waals surface area contributed by atoms with Crippen molar-refractivity contribution in [2.75, 3.05) is 47.5 Å². The minimum atomic E-state index is -4.65. The number of allylic oxidation sites excluding steroid dienone is 24. The maximum Gasteiger partial charge on any atom is 0.306 e. The number of ether oxygens (including phenoxy) is 2. The molecule has 2 atom stereocenters.